The average molecular weight is 264 g/mol. The van der Waals surface area contributed by atoms with Crippen LogP contribution < -0.4 is 0 Å². The van der Waals surface area contributed by atoms with E-state index in [9.17, 15) is 9.90 Å². The minimum absolute atomic E-state index is 0.0149. The number of carbonyl (C=O) groups excluding carboxylic acids is 1. The van der Waals surface area contributed by atoms with Gasteiger partial charge in [-0.25, -0.2) is 4.79 Å². The van der Waals surface area contributed by atoms with Crippen molar-refractivity contribution in [3.8, 4) is 0 Å². The molecule has 2 bridgehead atoms. The van der Waals surface area contributed by atoms with E-state index in [-0.39, 0.29) is 23.6 Å². The summed E-state index contributed by atoms with van der Waals surface area (Å²) in [4.78, 5) is 11.8. The summed E-state index contributed by atoms with van der Waals surface area (Å²) in [6.07, 6.45) is 6.16. The first-order valence-corrected chi connectivity index (χ1v) is 6.80. The molecule has 19 heavy (non-hydrogen) atoms. The Morgan fingerprint density at radius 2 is 2.11 bits per heavy atom. The lowest BCUT2D eigenvalue weighted by atomic mass is 9.85. The highest BCUT2D eigenvalue weighted by Crippen LogP contribution is 2.45. The molecule has 2 heterocycles. The van der Waals surface area contributed by atoms with Crippen molar-refractivity contribution in [1.29, 1.82) is 0 Å². The highest BCUT2D eigenvalue weighted by molar-refractivity contribution is 5.91. The van der Waals surface area contributed by atoms with E-state index in [2.05, 4.69) is 0 Å². The molecule has 0 spiro atoms. The van der Waals surface area contributed by atoms with Gasteiger partial charge in [0.15, 0.2) is 0 Å². The van der Waals surface area contributed by atoms with Crippen LogP contribution in [0.5, 0.6) is 0 Å². The van der Waals surface area contributed by atoms with Crippen molar-refractivity contribution in [1.82, 2.24) is 0 Å². The summed E-state index contributed by atoms with van der Waals surface area (Å²) >= 11 is 0. The number of fused-ring (bicyclic) bond motifs is 2. The molecule has 4 nitrogen and oxygen atoms in total. The number of hydrogen-bond donors (Lipinski definition) is 1. The van der Waals surface area contributed by atoms with E-state index in [1.54, 1.807) is 6.08 Å². The fourth-order valence-electron chi connectivity index (χ4n) is 2.82. The zero-order valence-corrected chi connectivity index (χ0v) is 11.6. The van der Waals surface area contributed by atoms with E-state index in [0.29, 0.717) is 6.42 Å². The second-order valence-electron chi connectivity index (χ2n) is 6.47. The topological polar surface area (TPSA) is 59.1 Å². The van der Waals surface area contributed by atoms with Gasteiger partial charge in [-0.2, -0.15) is 0 Å². The lowest BCUT2D eigenvalue weighted by Gasteiger charge is -2.26. The smallest absolute Gasteiger partial charge is 0.334 e. The van der Waals surface area contributed by atoms with Crippen molar-refractivity contribution < 1.29 is 19.4 Å². The molecule has 2 aliphatic heterocycles. The Bertz CT molecular complexity index is 477. The van der Waals surface area contributed by atoms with Crippen LogP contribution >= 0.6 is 0 Å². The van der Waals surface area contributed by atoms with Crippen molar-refractivity contribution in [2.24, 2.45) is 5.41 Å². The predicted molar refractivity (Wildman–Crippen MR) is 69.4 cm³/mol. The summed E-state index contributed by atoms with van der Waals surface area (Å²) < 4.78 is 11.0. The lowest BCUT2D eigenvalue weighted by Crippen LogP contribution is -2.30. The summed E-state index contributed by atoms with van der Waals surface area (Å²) in [5.41, 5.74) is -0.0925. The van der Waals surface area contributed by atoms with Crippen LogP contribution in [0.15, 0.2) is 23.8 Å². The van der Waals surface area contributed by atoms with Gasteiger partial charge in [-0.15, -0.1) is 0 Å². The number of hydrogen-bond acceptors (Lipinski definition) is 4. The van der Waals surface area contributed by atoms with Gasteiger partial charge in [-0.05, 0) is 25.8 Å². The zero-order valence-electron chi connectivity index (χ0n) is 11.6. The first-order valence-electron chi connectivity index (χ1n) is 6.80. The minimum Gasteiger partial charge on any atom is -0.454 e. The monoisotopic (exact) mass is 264 g/mol. The van der Waals surface area contributed by atoms with Gasteiger partial charge >= 0.3 is 5.97 Å². The van der Waals surface area contributed by atoms with Gasteiger partial charge < -0.3 is 14.6 Å². The van der Waals surface area contributed by atoms with E-state index < -0.39 is 11.7 Å². The number of aliphatic hydroxyl groups excluding tert-OH is 1. The number of carbonyl (C=O) groups is 1. The Hall–Kier alpha value is -1.13. The maximum Gasteiger partial charge on any atom is 0.334 e. The molecular weight excluding hydrogens is 244 g/mol. The molecule has 1 fully saturated rings. The second kappa shape index (κ2) is 3.93. The molecule has 0 aromatic carbocycles. The zero-order chi connectivity index (χ0) is 13.8. The molecule has 3 rings (SSSR count). The van der Waals surface area contributed by atoms with Crippen molar-refractivity contribution in [2.75, 3.05) is 0 Å². The van der Waals surface area contributed by atoms with E-state index >= 15 is 0 Å². The SMILES string of the molecule is CC1(C)/C=C/[C@H](O)[C@@]2(C)O[C@H]2CCC2=C[C@@H]1OC2=O. The van der Waals surface area contributed by atoms with Crippen molar-refractivity contribution in [3.63, 3.8) is 0 Å². The first kappa shape index (κ1) is 12.9. The van der Waals surface area contributed by atoms with Gasteiger partial charge in [0.2, 0.25) is 0 Å². The normalized spacial score (nSPS) is 45.6. The minimum atomic E-state index is -0.617. The van der Waals surface area contributed by atoms with Crippen LogP contribution in [-0.2, 0) is 14.3 Å². The van der Waals surface area contributed by atoms with Crippen LogP contribution in [0.3, 0.4) is 0 Å². The molecule has 0 aromatic heterocycles. The molecule has 1 saturated heterocycles. The average Bonchev–Trinajstić information content (AvgIpc) is 2.85. The third-order valence-electron chi connectivity index (χ3n) is 4.53. The summed E-state index contributed by atoms with van der Waals surface area (Å²) in [5.74, 6) is -0.213. The maximum atomic E-state index is 11.8. The quantitative estimate of drug-likeness (QED) is 0.411. The molecular formula is C15H20O4. The van der Waals surface area contributed by atoms with Crippen LogP contribution in [0.2, 0.25) is 0 Å². The second-order valence-corrected chi connectivity index (χ2v) is 6.47. The van der Waals surface area contributed by atoms with Crippen LogP contribution in [0.1, 0.15) is 33.6 Å². The van der Waals surface area contributed by atoms with Crippen LogP contribution in [0.25, 0.3) is 0 Å². The van der Waals surface area contributed by atoms with E-state index in [4.69, 9.17) is 9.47 Å². The molecule has 0 amide bonds. The number of rotatable bonds is 0. The molecule has 0 radical (unpaired) electrons. The Balaban J connectivity index is 1.93. The summed E-state index contributed by atoms with van der Waals surface area (Å²) in [5, 5.41) is 10.2. The van der Waals surface area contributed by atoms with Crippen molar-refractivity contribution >= 4 is 5.97 Å². The predicted octanol–water partition coefficient (Wildman–Crippen LogP) is 1.73. The third-order valence-corrected chi connectivity index (χ3v) is 4.53. The van der Waals surface area contributed by atoms with E-state index in [0.717, 1.165) is 12.0 Å². The van der Waals surface area contributed by atoms with Gasteiger partial charge in [0, 0.05) is 11.0 Å². The lowest BCUT2D eigenvalue weighted by molar-refractivity contribution is -0.142. The van der Waals surface area contributed by atoms with Gasteiger partial charge in [0.1, 0.15) is 17.8 Å². The summed E-state index contributed by atoms with van der Waals surface area (Å²) in [7, 11) is 0. The van der Waals surface area contributed by atoms with Gasteiger partial charge in [-0.1, -0.05) is 26.0 Å². The molecule has 3 aliphatic rings. The molecule has 104 valence electrons. The molecule has 0 unspecified atom stereocenters. The Kier molecular flexibility index (Phi) is 2.67. The van der Waals surface area contributed by atoms with Crippen LogP contribution in [-0.4, -0.2) is 35.0 Å². The van der Waals surface area contributed by atoms with Gasteiger partial charge in [0.05, 0.1) is 6.10 Å². The molecule has 4 atom stereocenters. The Morgan fingerprint density at radius 3 is 2.84 bits per heavy atom. The number of epoxide rings is 1. The van der Waals surface area contributed by atoms with E-state index in [1.165, 1.54) is 0 Å². The first-order chi connectivity index (χ1) is 8.83. The van der Waals surface area contributed by atoms with Gasteiger partial charge in [-0.3, -0.25) is 0 Å². The van der Waals surface area contributed by atoms with Crippen molar-refractivity contribution in [3.05, 3.63) is 23.8 Å². The number of ether oxygens (including phenoxy) is 2. The number of aliphatic hydroxyl groups is 1. The molecule has 4 heteroatoms. The van der Waals surface area contributed by atoms with Crippen LogP contribution in [0, 0.1) is 5.41 Å². The number of esters is 1. The molecule has 1 N–H and O–H groups in total. The van der Waals surface area contributed by atoms with E-state index in [1.807, 2.05) is 32.9 Å². The Labute approximate surface area is 113 Å². The third kappa shape index (κ3) is 2.03. The fourth-order valence-corrected chi connectivity index (χ4v) is 2.82. The Morgan fingerprint density at radius 1 is 1.37 bits per heavy atom. The molecule has 0 saturated carbocycles. The molecule has 0 aromatic rings. The fraction of sp³-hybridized carbons (Fsp3) is 0.667. The summed E-state index contributed by atoms with van der Waals surface area (Å²) in [6.45, 7) is 5.92. The largest absolute Gasteiger partial charge is 0.454 e. The highest BCUT2D eigenvalue weighted by Gasteiger charge is 2.56. The summed E-state index contributed by atoms with van der Waals surface area (Å²) in [6, 6.07) is 0. The highest BCUT2D eigenvalue weighted by atomic mass is 16.6. The van der Waals surface area contributed by atoms with Crippen molar-refractivity contribution in [2.45, 2.75) is 57.5 Å². The maximum absolute atomic E-state index is 11.8. The van der Waals surface area contributed by atoms with Gasteiger partial charge in [0.25, 0.3) is 0 Å². The van der Waals surface area contributed by atoms with Crippen LogP contribution in [0.4, 0.5) is 0 Å². The standard InChI is InChI=1S/C15H20O4/c1-14(2)7-6-10(16)15(3)11(19-15)5-4-9-8-12(14)18-13(9)17/h6-8,10-12,16H,4-5H2,1-3H3/b7-6+/t10-,11-,12-,15+/m0/s1. The molecule has 1 aliphatic carbocycles.